The van der Waals surface area contributed by atoms with E-state index in [2.05, 4.69) is 11.1 Å². The van der Waals surface area contributed by atoms with Crippen LogP contribution in [0.5, 0.6) is 0 Å². The van der Waals surface area contributed by atoms with E-state index in [4.69, 9.17) is 10.5 Å². The second-order valence-corrected chi connectivity index (χ2v) is 7.12. The van der Waals surface area contributed by atoms with Gasteiger partial charge in [0.25, 0.3) is 0 Å². The van der Waals surface area contributed by atoms with Crippen molar-refractivity contribution in [2.75, 3.05) is 24.6 Å². The van der Waals surface area contributed by atoms with Crippen LogP contribution in [0.2, 0.25) is 0 Å². The molecule has 20 heavy (non-hydrogen) atoms. The molecule has 1 aromatic rings. The van der Waals surface area contributed by atoms with Gasteiger partial charge < -0.3 is 10.5 Å². The molecule has 0 unspecified atom stereocenters. The Balaban J connectivity index is 2.23. The first-order valence-corrected chi connectivity index (χ1v) is 8.74. The van der Waals surface area contributed by atoms with Crippen LogP contribution in [0, 0.1) is 11.3 Å². The molecule has 0 saturated heterocycles. The first-order valence-electron chi connectivity index (χ1n) is 5.95. The van der Waals surface area contributed by atoms with Crippen LogP contribution in [0.3, 0.4) is 0 Å². The predicted octanol–water partition coefficient (Wildman–Crippen LogP) is 2.71. The fourth-order valence-electron chi connectivity index (χ4n) is 1.64. The monoisotopic (exact) mass is 327 g/mol. The molecule has 1 aliphatic heterocycles. The predicted molar refractivity (Wildman–Crippen MR) is 85.5 cm³/mol. The number of nitriles is 1. The summed E-state index contributed by atoms with van der Waals surface area (Å²) in [4.78, 5) is 16.7. The van der Waals surface area contributed by atoms with E-state index in [-0.39, 0.29) is 0 Å². The summed E-state index contributed by atoms with van der Waals surface area (Å²) < 4.78 is 6.01. The molecule has 106 valence electrons. The van der Waals surface area contributed by atoms with Crippen LogP contribution in [0.15, 0.2) is 4.99 Å². The third kappa shape index (κ3) is 3.29. The van der Waals surface area contributed by atoms with Crippen molar-refractivity contribution in [3.63, 3.8) is 0 Å². The maximum absolute atomic E-state index is 11.9. The molecule has 0 saturated carbocycles. The molecule has 8 heteroatoms. The van der Waals surface area contributed by atoms with Gasteiger partial charge in [-0.3, -0.25) is 4.99 Å². The van der Waals surface area contributed by atoms with Gasteiger partial charge in [0.1, 0.15) is 20.3 Å². The quantitative estimate of drug-likeness (QED) is 0.855. The molecular formula is C12H13N3O2S3. The van der Waals surface area contributed by atoms with E-state index in [0.717, 1.165) is 28.0 Å². The Kier molecular flexibility index (Phi) is 5.34. The Bertz CT molecular complexity index is 590. The van der Waals surface area contributed by atoms with Gasteiger partial charge in [0.2, 0.25) is 0 Å². The summed E-state index contributed by atoms with van der Waals surface area (Å²) in [6, 6.07) is 2.07. The van der Waals surface area contributed by atoms with Crippen molar-refractivity contribution in [3.05, 3.63) is 16.0 Å². The zero-order valence-electron chi connectivity index (χ0n) is 10.8. The molecule has 0 atom stereocenters. The van der Waals surface area contributed by atoms with Gasteiger partial charge in [-0.05, 0) is 6.92 Å². The number of rotatable bonds is 4. The zero-order valence-corrected chi connectivity index (χ0v) is 13.3. The van der Waals surface area contributed by atoms with Crippen molar-refractivity contribution in [2.24, 2.45) is 4.99 Å². The minimum Gasteiger partial charge on any atom is -0.462 e. The van der Waals surface area contributed by atoms with E-state index < -0.39 is 5.97 Å². The van der Waals surface area contributed by atoms with E-state index in [9.17, 15) is 10.1 Å². The average molecular weight is 327 g/mol. The van der Waals surface area contributed by atoms with Crippen LogP contribution in [-0.2, 0) is 10.5 Å². The standard InChI is InChI=1S/C12H13N3O2S3/c1-2-17-11(16)9-8(7(5-13)10(14)20-9)6-19-12-15-3-4-18-12/h2-4,6,14H2,1H3. The van der Waals surface area contributed by atoms with E-state index in [1.807, 2.05) is 0 Å². The van der Waals surface area contributed by atoms with Gasteiger partial charge in [0.05, 0.1) is 18.7 Å². The highest BCUT2D eigenvalue weighted by Gasteiger charge is 2.23. The minimum absolute atomic E-state index is 0.299. The highest BCUT2D eigenvalue weighted by Crippen LogP contribution is 2.35. The van der Waals surface area contributed by atoms with Gasteiger partial charge in [-0.1, -0.05) is 23.5 Å². The fourth-order valence-corrected chi connectivity index (χ4v) is 4.70. The maximum Gasteiger partial charge on any atom is 0.348 e. The summed E-state index contributed by atoms with van der Waals surface area (Å²) in [6.45, 7) is 2.88. The SMILES string of the molecule is CCOC(=O)c1sc(N)c(C#N)c1CSC1=NCCS1. The van der Waals surface area contributed by atoms with Gasteiger partial charge in [0, 0.05) is 17.1 Å². The molecule has 0 bridgehead atoms. The number of ether oxygens (including phenoxy) is 1. The number of thiophene rings is 1. The second kappa shape index (κ2) is 7.02. The van der Waals surface area contributed by atoms with Crippen LogP contribution in [0.4, 0.5) is 5.00 Å². The van der Waals surface area contributed by atoms with Crippen LogP contribution < -0.4 is 5.73 Å². The molecule has 0 spiro atoms. The smallest absolute Gasteiger partial charge is 0.348 e. The first kappa shape index (κ1) is 15.2. The third-order valence-corrected chi connectivity index (χ3v) is 5.82. The Morgan fingerprint density at radius 1 is 1.65 bits per heavy atom. The molecule has 0 aromatic carbocycles. The molecular weight excluding hydrogens is 314 g/mol. The molecule has 2 rings (SSSR count). The van der Waals surface area contributed by atoms with Crippen molar-refractivity contribution in [2.45, 2.75) is 12.7 Å². The molecule has 0 amide bonds. The topological polar surface area (TPSA) is 88.5 Å². The fraction of sp³-hybridized carbons (Fsp3) is 0.417. The highest BCUT2D eigenvalue weighted by molar-refractivity contribution is 8.38. The van der Waals surface area contributed by atoms with Gasteiger partial charge in [-0.25, -0.2) is 4.79 Å². The van der Waals surface area contributed by atoms with Gasteiger partial charge in [0.15, 0.2) is 0 Å². The number of hydrogen-bond donors (Lipinski definition) is 1. The lowest BCUT2D eigenvalue weighted by molar-refractivity contribution is 0.0531. The van der Waals surface area contributed by atoms with E-state index in [0.29, 0.717) is 33.4 Å². The Hall–Kier alpha value is -1.17. The zero-order chi connectivity index (χ0) is 14.5. The number of aliphatic imine (C=N–C) groups is 1. The normalized spacial score (nSPS) is 13.9. The van der Waals surface area contributed by atoms with Crippen molar-refractivity contribution < 1.29 is 9.53 Å². The molecule has 1 aliphatic rings. The number of esters is 1. The van der Waals surface area contributed by atoms with E-state index in [1.54, 1.807) is 18.7 Å². The summed E-state index contributed by atoms with van der Waals surface area (Å²) in [6.07, 6.45) is 0. The Morgan fingerprint density at radius 2 is 2.45 bits per heavy atom. The molecule has 5 nitrogen and oxygen atoms in total. The third-order valence-electron chi connectivity index (χ3n) is 2.50. The van der Waals surface area contributed by atoms with Gasteiger partial charge >= 0.3 is 5.97 Å². The summed E-state index contributed by atoms with van der Waals surface area (Å²) in [5, 5.41) is 9.56. The van der Waals surface area contributed by atoms with Crippen molar-refractivity contribution >= 4 is 50.2 Å². The highest BCUT2D eigenvalue weighted by atomic mass is 32.2. The number of hydrogen-bond acceptors (Lipinski definition) is 8. The number of carbonyl (C=O) groups excluding carboxylic acids is 1. The molecule has 0 fully saturated rings. The molecule has 0 aliphatic carbocycles. The lowest BCUT2D eigenvalue weighted by atomic mass is 10.2. The summed E-state index contributed by atoms with van der Waals surface area (Å²) in [5.41, 5.74) is 6.86. The van der Waals surface area contributed by atoms with Gasteiger partial charge in [-0.15, -0.1) is 11.3 Å². The van der Waals surface area contributed by atoms with Crippen molar-refractivity contribution in [1.82, 2.24) is 0 Å². The summed E-state index contributed by atoms with van der Waals surface area (Å²) in [5.74, 6) is 1.09. The van der Waals surface area contributed by atoms with Crippen LogP contribution in [0.1, 0.15) is 27.7 Å². The van der Waals surface area contributed by atoms with Crippen molar-refractivity contribution in [3.8, 4) is 6.07 Å². The van der Waals surface area contributed by atoms with Gasteiger partial charge in [-0.2, -0.15) is 5.26 Å². The molecule has 1 aromatic heterocycles. The van der Waals surface area contributed by atoms with Crippen LogP contribution >= 0.6 is 34.9 Å². The number of nitrogen functional groups attached to an aromatic ring is 1. The second-order valence-electron chi connectivity index (χ2n) is 3.77. The summed E-state index contributed by atoms with van der Waals surface area (Å²) >= 11 is 4.34. The van der Waals surface area contributed by atoms with Crippen LogP contribution in [-0.4, -0.2) is 29.2 Å². The molecule has 0 radical (unpaired) electrons. The first-order chi connectivity index (χ1) is 9.67. The summed E-state index contributed by atoms with van der Waals surface area (Å²) in [7, 11) is 0. The Morgan fingerprint density at radius 3 is 3.05 bits per heavy atom. The van der Waals surface area contributed by atoms with Crippen LogP contribution in [0.25, 0.3) is 0 Å². The average Bonchev–Trinajstić information content (AvgIpc) is 3.03. The maximum atomic E-state index is 11.9. The number of nitrogens with zero attached hydrogens (tertiary/aromatic N) is 2. The Labute approximate surface area is 129 Å². The largest absolute Gasteiger partial charge is 0.462 e. The van der Waals surface area contributed by atoms with E-state index >= 15 is 0 Å². The number of thioether (sulfide) groups is 2. The lowest BCUT2D eigenvalue weighted by Gasteiger charge is -2.04. The molecule has 2 heterocycles. The minimum atomic E-state index is -0.415. The molecule has 2 N–H and O–H groups in total. The van der Waals surface area contributed by atoms with E-state index in [1.165, 1.54) is 11.8 Å². The van der Waals surface area contributed by atoms with Crippen molar-refractivity contribution in [1.29, 1.82) is 5.26 Å². The number of carbonyl (C=O) groups is 1. The lowest BCUT2D eigenvalue weighted by Crippen LogP contribution is -2.05. The number of anilines is 1. The number of nitrogens with two attached hydrogens (primary N) is 1.